The lowest BCUT2D eigenvalue weighted by atomic mass is 9.79. The predicted octanol–water partition coefficient (Wildman–Crippen LogP) is 10.1. The molecule has 7 nitrogen and oxygen atoms in total. The standard InChI is InChI=1S/C48H62O7/c1-32(2)46(51)54-24-7-9-40-27-42(28-41(10-8-25-55-47(52)33(3)4)45(40)53-26-23-48(6,30-49)31-50)43-22-21-39(29-44(43)38-19-20-38)37-17-15-36(16-18-37)35-13-11-34(5)12-14-35/h15-18,21-22,27-29,34-35,38,49-50H,1,3,7-14,19-20,23-26,30-31H2,2,4-6H3. The van der Waals surface area contributed by atoms with E-state index in [4.69, 9.17) is 14.2 Å². The first-order valence-electron chi connectivity index (χ1n) is 20.3. The number of aliphatic hydroxyl groups excluding tert-OH is 2. The van der Waals surface area contributed by atoms with Crippen molar-refractivity contribution in [1.29, 1.82) is 0 Å². The third-order valence-corrected chi connectivity index (χ3v) is 11.4. The molecule has 2 N–H and O–H groups in total. The van der Waals surface area contributed by atoms with Gasteiger partial charge in [-0.3, -0.25) is 0 Å². The Labute approximate surface area is 328 Å². The zero-order valence-electron chi connectivity index (χ0n) is 33.6. The summed E-state index contributed by atoms with van der Waals surface area (Å²) in [5, 5.41) is 19.9. The largest absolute Gasteiger partial charge is 0.493 e. The fraction of sp³-hybridized carbons (Fsp3) is 0.500. The van der Waals surface area contributed by atoms with Crippen LogP contribution in [0.4, 0.5) is 0 Å². The predicted molar refractivity (Wildman–Crippen MR) is 220 cm³/mol. The van der Waals surface area contributed by atoms with Crippen LogP contribution in [0.1, 0.15) is 120 Å². The van der Waals surface area contributed by atoms with Crippen LogP contribution in [0.25, 0.3) is 22.3 Å². The van der Waals surface area contributed by atoms with Crippen LogP contribution in [0.15, 0.2) is 78.9 Å². The Hall–Kier alpha value is -4.20. The minimum Gasteiger partial charge on any atom is -0.493 e. The number of hydrogen-bond acceptors (Lipinski definition) is 7. The first kappa shape index (κ1) is 42.0. The van der Waals surface area contributed by atoms with Crippen molar-refractivity contribution < 1.29 is 34.0 Å². The van der Waals surface area contributed by atoms with Crippen molar-refractivity contribution >= 4 is 11.9 Å². The first-order valence-corrected chi connectivity index (χ1v) is 20.3. The number of carbonyl (C=O) groups is 2. The lowest BCUT2D eigenvalue weighted by Gasteiger charge is -2.26. The van der Waals surface area contributed by atoms with Crippen LogP contribution < -0.4 is 4.74 Å². The van der Waals surface area contributed by atoms with Crippen LogP contribution in [0.5, 0.6) is 5.75 Å². The van der Waals surface area contributed by atoms with Gasteiger partial charge in [-0.2, -0.15) is 0 Å². The maximum Gasteiger partial charge on any atom is 0.333 e. The van der Waals surface area contributed by atoms with Gasteiger partial charge in [0.05, 0.1) is 33.0 Å². The van der Waals surface area contributed by atoms with Gasteiger partial charge in [0.25, 0.3) is 0 Å². The SMILES string of the molecule is C=C(C)C(=O)OCCCc1cc(-c2ccc(-c3ccc(C4CCC(C)CC4)cc3)cc2C2CC2)cc(CCCOC(=O)C(=C)C)c1OCCC(C)(CO)CO. The summed E-state index contributed by atoms with van der Waals surface area (Å²) in [4.78, 5) is 24.3. The molecule has 2 saturated carbocycles. The number of rotatable bonds is 20. The van der Waals surface area contributed by atoms with E-state index in [0.29, 0.717) is 61.7 Å². The second-order valence-electron chi connectivity index (χ2n) is 16.5. The van der Waals surface area contributed by atoms with Crippen LogP contribution in [-0.2, 0) is 31.9 Å². The topological polar surface area (TPSA) is 102 Å². The molecule has 0 aliphatic heterocycles. The van der Waals surface area contributed by atoms with Crippen molar-refractivity contribution in [3.8, 4) is 28.0 Å². The molecule has 3 aromatic rings. The second-order valence-corrected chi connectivity index (χ2v) is 16.5. The van der Waals surface area contributed by atoms with Crippen LogP contribution in [-0.4, -0.2) is 55.2 Å². The van der Waals surface area contributed by atoms with Gasteiger partial charge in [-0.05, 0) is 146 Å². The number of aliphatic hydroxyl groups is 2. The summed E-state index contributed by atoms with van der Waals surface area (Å²) in [7, 11) is 0. The van der Waals surface area contributed by atoms with E-state index in [2.05, 4.69) is 74.7 Å². The van der Waals surface area contributed by atoms with Crippen molar-refractivity contribution in [2.24, 2.45) is 11.3 Å². The highest BCUT2D eigenvalue weighted by Crippen LogP contribution is 2.47. The summed E-state index contributed by atoms with van der Waals surface area (Å²) in [5.41, 5.74) is 9.59. The number of hydrogen-bond donors (Lipinski definition) is 2. The molecule has 2 aliphatic carbocycles. The molecule has 0 atom stereocenters. The number of aryl methyl sites for hydroxylation is 2. The minimum atomic E-state index is -0.677. The molecule has 0 bridgehead atoms. The molecule has 0 spiro atoms. The lowest BCUT2D eigenvalue weighted by molar-refractivity contribution is -0.139. The summed E-state index contributed by atoms with van der Waals surface area (Å²) in [5.74, 6) is 1.93. The third kappa shape index (κ3) is 11.7. The molecule has 0 unspecified atom stereocenters. The quantitative estimate of drug-likeness (QED) is 0.0673. The van der Waals surface area contributed by atoms with Crippen molar-refractivity contribution in [1.82, 2.24) is 0 Å². The average molecular weight is 751 g/mol. The summed E-state index contributed by atoms with van der Waals surface area (Å²) < 4.78 is 17.5. The molecule has 0 radical (unpaired) electrons. The van der Waals surface area contributed by atoms with E-state index in [1.54, 1.807) is 13.8 Å². The van der Waals surface area contributed by atoms with E-state index < -0.39 is 17.4 Å². The van der Waals surface area contributed by atoms with E-state index in [0.717, 1.165) is 41.2 Å². The Morgan fingerprint density at radius 3 is 1.75 bits per heavy atom. The highest BCUT2D eigenvalue weighted by Gasteiger charge is 2.28. The molecule has 55 heavy (non-hydrogen) atoms. The molecular weight excluding hydrogens is 689 g/mol. The van der Waals surface area contributed by atoms with Crippen LogP contribution in [0, 0.1) is 11.3 Å². The van der Waals surface area contributed by atoms with Crippen LogP contribution in [0.2, 0.25) is 0 Å². The summed E-state index contributed by atoms with van der Waals surface area (Å²) in [6.45, 7) is 15.4. The van der Waals surface area contributed by atoms with Gasteiger partial charge in [0.2, 0.25) is 0 Å². The molecule has 2 fully saturated rings. The summed E-state index contributed by atoms with van der Waals surface area (Å²) in [6, 6.07) is 20.6. The summed E-state index contributed by atoms with van der Waals surface area (Å²) >= 11 is 0. The van der Waals surface area contributed by atoms with Crippen molar-refractivity contribution in [2.45, 2.75) is 110 Å². The smallest absolute Gasteiger partial charge is 0.333 e. The van der Waals surface area contributed by atoms with Crippen LogP contribution >= 0.6 is 0 Å². The molecule has 7 heteroatoms. The number of ether oxygens (including phenoxy) is 3. The third-order valence-electron chi connectivity index (χ3n) is 11.4. The number of carbonyl (C=O) groups excluding carboxylic acids is 2. The van der Waals surface area contributed by atoms with E-state index in [-0.39, 0.29) is 26.4 Å². The van der Waals surface area contributed by atoms with Gasteiger partial charge in [0.15, 0.2) is 0 Å². The molecule has 3 aromatic carbocycles. The Balaban J connectivity index is 1.48. The summed E-state index contributed by atoms with van der Waals surface area (Å²) in [6.07, 6.45) is 10.3. The highest BCUT2D eigenvalue weighted by molar-refractivity contribution is 5.87. The van der Waals surface area contributed by atoms with Gasteiger partial charge >= 0.3 is 11.9 Å². The van der Waals surface area contributed by atoms with E-state index in [1.165, 1.54) is 53.5 Å². The van der Waals surface area contributed by atoms with Gasteiger partial charge in [0.1, 0.15) is 5.75 Å². The first-order chi connectivity index (χ1) is 26.4. The normalized spacial score (nSPS) is 17.1. The highest BCUT2D eigenvalue weighted by atomic mass is 16.5. The Kier molecular flexibility index (Phi) is 14.9. The van der Waals surface area contributed by atoms with Gasteiger partial charge in [-0.25, -0.2) is 9.59 Å². The fourth-order valence-electron chi connectivity index (χ4n) is 7.45. The number of esters is 2. The number of benzene rings is 3. The molecule has 5 rings (SSSR count). The maximum absolute atomic E-state index is 12.2. The Bertz CT molecular complexity index is 1730. The zero-order valence-corrected chi connectivity index (χ0v) is 33.6. The zero-order chi connectivity index (χ0) is 39.5. The molecule has 296 valence electrons. The van der Waals surface area contributed by atoms with Crippen molar-refractivity contribution in [3.05, 3.63) is 101 Å². The Morgan fingerprint density at radius 1 is 0.709 bits per heavy atom. The van der Waals surface area contributed by atoms with E-state index >= 15 is 0 Å². The van der Waals surface area contributed by atoms with Gasteiger partial charge in [-0.1, -0.05) is 82.3 Å². The lowest BCUT2D eigenvalue weighted by Crippen LogP contribution is -2.28. The maximum atomic E-state index is 12.2. The molecule has 2 aliphatic rings. The molecule has 0 saturated heterocycles. The van der Waals surface area contributed by atoms with Crippen molar-refractivity contribution in [3.63, 3.8) is 0 Å². The molecular formula is C48H62O7. The van der Waals surface area contributed by atoms with Crippen molar-refractivity contribution in [2.75, 3.05) is 33.0 Å². The van der Waals surface area contributed by atoms with Gasteiger partial charge < -0.3 is 24.4 Å². The average Bonchev–Trinajstić information content (AvgIpc) is 4.04. The molecule has 0 heterocycles. The monoisotopic (exact) mass is 750 g/mol. The second kappa shape index (κ2) is 19.6. The minimum absolute atomic E-state index is 0.155. The van der Waals surface area contributed by atoms with E-state index in [1.807, 2.05) is 6.92 Å². The molecule has 0 amide bonds. The van der Waals surface area contributed by atoms with Gasteiger partial charge in [-0.15, -0.1) is 0 Å². The van der Waals surface area contributed by atoms with Gasteiger partial charge in [0, 0.05) is 16.6 Å². The van der Waals surface area contributed by atoms with E-state index in [9.17, 15) is 19.8 Å². The molecule has 0 aromatic heterocycles. The Morgan fingerprint density at radius 2 is 1.24 bits per heavy atom. The van der Waals surface area contributed by atoms with Crippen LogP contribution in [0.3, 0.4) is 0 Å². The fourth-order valence-corrected chi connectivity index (χ4v) is 7.45.